The largest absolute Gasteiger partial charge is 0.573 e. The number of amides is 2. The zero-order valence-corrected chi connectivity index (χ0v) is 24.1. The van der Waals surface area contributed by atoms with Gasteiger partial charge in [-0.25, -0.2) is 8.78 Å². The van der Waals surface area contributed by atoms with Crippen LogP contribution in [0.15, 0.2) is 48.7 Å². The van der Waals surface area contributed by atoms with E-state index in [0.29, 0.717) is 29.3 Å². The second kappa shape index (κ2) is 12.4. The summed E-state index contributed by atoms with van der Waals surface area (Å²) in [4.78, 5) is 29.2. The number of carbonyl (C=O) groups is 2. The minimum absolute atomic E-state index is 0.169. The molecule has 0 saturated heterocycles. The van der Waals surface area contributed by atoms with E-state index in [-0.39, 0.29) is 6.07 Å². The van der Waals surface area contributed by atoms with E-state index in [1.807, 2.05) is 0 Å². The number of hydrogen-bond acceptors (Lipinski definition) is 4. The SMILES string of the molecule is CN(C(=O)c1ccc(C(F)(F)F)nc1)c1cccc(C(=O)Nc2c(I)cc(C(F)(C(F)(F)F)C(F)(F)F)cc2OC(F)(F)F)c1F. The molecule has 0 aliphatic heterocycles. The monoisotopic (exact) mass is 795 g/mol. The van der Waals surface area contributed by atoms with Crippen molar-refractivity contribution in [1.29, 1.82) is 0 Å². The number of nitrogens with zero attached hydrogens (tertiary/aromatic N) is 2. The van der Waals surface area contributed by atoms with Crippen LogP contribution < -0.4 is 15.0 Å². The first kappa shape index (κ1) is 36.5. The van der Waals surface area contributed by atoms with Crippen molar-refractivity contribution in [1.82, 2.24) is 4.98 Å². The number of benzene rings is 2. The summed E-state index contributed by atoms with van der Waals surface area (Å²) in [7, 11) is 0.918. The van der Waals surface area contributed by atoms with Crippen molar-refractivity contribution in [3.63, 3.8) is 0 Å². The van der Waals surface area contributed by atoms with Gasteiger partial charge in [-0.1, -0.05) is 6.07 Å². The lowest BCUT2D eigenvalue weighted by Gasteiger charge is -2.31. The summed E-state index contributed by atoms with van der Waals surface area (Å²) in [6.07, 6.45) is -23.6. The number of aromatic nitrogens is 1. The summed E-state index contributed by atoms with van der Waals surface area (Å²) in [6, 6.07) is 2.94. The smallest absolute Gasteiger partial charge is 0.404 e. The van der Waals surface area contributed by atoms with Crippen LogP contribution in [0.5, 0.6) is 5.75 Å². The van der Waals surface area contributed by atoms with Gasteiger partial charge in [0.25, 0.3) is 11.8 Å². The molecule has 0 aliphatic carbocycles. The third-order valence-corrected chi connectivity index (χ3v) is 6.74. The topological polar surface area (TPSA) is 71.5 Å². The van der Waals surface area contributed by atoms with E-state index in [1.54, 1.807) is 5.32 Å². The molecule has 0 bridgehead atoms. The molecule has 6 nitrogen and oxygen atoms in total. The Morgan fingerprint density at radius 1 is 0.870 bits per heavy atom. The highest BCUT2D eigenvalue weighted by Gasteiger charge is 2.73. The van der Waals surface area contributed by atoms with E-state index < -0.39 is 97.3 Å². The molecule has 0 radical (unpaired) electrons. The highest BCUT2D eigenvalue weighted by atomic mass is 127. The van der Waals surface area contributed by atoms with Crippen molar-refractivity contribution in [2.75, 3.05) is 17.3 Å². The summed E-state index contributed by atoms with van der Waals surface area (Å²) in [5.74, 6) is -6.31. The lowest BCUT2D eigenvalue weighted by Crippen LogP contribution is -2.50. The summed E-state index contributed by atoms with van der Waals surface area (Å²) < 4.78 is 189. The first-order chi connectivity index (χ1) is 20.8. The minimum atomic E-state index is -6.72. The Morgan fingerprint density at radius 2 is 1.46 bits per heavy atom. The van der Waals surface area contributed by atoms with E-state index in [0.717, 1.165) is 41.8 Å². The van der Waals surface area contributed by atoms with Gasteiger partial charge in [-0.15, -0.1) is 13.2 Å². The second-order valence-electron chi connectivity index (χ2n) is 8.92. The first-order valence-corrected chi connectivity index (χ1v) is 12.7. The van der Waals surface area contributed by atoms with Crippen LogP contribution in [-0.4, -0.2) is 42.6 Å². The van der Waals surface area contributed by atoms with Crippen LogP contribution in [0.25, 0.3) is 0 Å². The van der Waals surface area contributed by atoms with Crippen LogP contribution >= 0.6 is 22.6 Å². The molecule has 2 amide bonds. The number of anilines is 2. The summed E-state index contributed by atoms with van der Waals surface area (Å²) >= 11 is 0.874. The van der Waals surface area contributed by atoms with Gasteiger partial charge in [0.2, 0.25) is 0 Å². The molecule has 1 N–H and O–H groups in total. The van der Waals surface area contributed by atoms with Crippen molar-refractivity contribution >= 4 is 45.8 Å². The van der Waals surface area contributed by atoms with Gasteiger partial charge in [0.1, 0.15) is 5.69 Å². The molecule has 0 spiro atoms. The fourth-order valence-corrected chi connectivity index (χ4v) is 4.46. The van der Waals surface area contributed by atoms with Gasteiger partial charge >= 0.3 is 30.6 Å². The molecule has 0 atom stereocenters. The number of ether oxygens (including phenoxy) is 1. The van der Waals surface area contributed by atoms with Crippen LogP contribution in [0.3, 0.4) is 0 Å². The Kier molecular flexibility index (Phi) is 9.82. The van der Waals surface area contributed by atoms with Crippen LogP contribution in [0.4, 0.5) is 72.8 Å². The zero-order chi connectivity index (χ0) is 35.2. The lowest BCUT2D eigenvalue weighted by atomic mass is 9.93. The normalized spacial score (nSPS) is 13.0. The molecule has 250 valence electrons. The molecule has 3 aromatic rings. The van der Waals surface area contributed by atoms with Gasteiger partial charge < -0.3 is 15.0 Å². The predicted molar refractivity (Wildman–Crippen MR) is 137 cm³/mol. The van der Waals surface area contributed by atoms with Gasteiger partial charge in [0.05, 0.1) is 22.5 Å². The maximum atomic E-state index is 15.4. The van der Waals surface area contributed by atoms with Crippen molar-refractivity contribution in [2.45, 2.75) is 30.6 Å². The molecule has 0 saturated carbocycles. The molecule has 3 rings (SSSR count). The minimum Gasteiger partial charge on any atom is -0.404 e. The molecular formula is C25H12F14IN3O3. The fraction of sp³-hybridized carbons (Fsp3) is 0.240. The fourth-order valence-electron chi connectivity index (χ4n) is 3.72. The van der Waals surface area contributed by atoms with Crippen molar-refractivity contribution in [2.24, 2.45) is 0 Å². The number of nitrogens with one attached hydrogen (secondary N) is 1. The zero-order valence-electron chi connectivity index (χ0n) is 21.9. The summed E-state index contributed by atoms with van der Waals surface area (Å²) in [5, 5.41) is 1.65. The van der Waals surface area contributed by atoms with Gasteiger partial charge in [-0.3, -0.25) is 14.6 Å². The van der Waals surface area contributed by atoms with Crippen LogP contribution in [0.1, 0.15) is 32.0 Å². The number of halogens is 15. The van der Waals surface area contributed by atoms with E-state index in [1.165, 1.54) is 0 Å². The number of rotatable bonds is 6. The number of carbonyl (C=O) groups excluding carboxylic acids is 2. The molecule has 1 heterocycles. The van der Waals surface area contributed by atoms with E-state index in [2.05, 4.69) is 9.72 Å². The van der Waals surface area contributed by atoms with E-state index in [9.17, 15) is 66.7 Å². The average Bonchev–Trinajstić information content (AvgIpc) is 2.91. The number of alkyl halides is 13. The molecule has 2 aromatic carbocycles. The van der Waals surface area contributed by atoms with Gasteiger partial charge in [-0.05, 0) is 59.0 Å². The summed E-state index contributed by atoms with van der Waals surface area (Å²) in [6.45, 7) is 0. The highest BCUT2D eigenvalue weighted by Crippen LogP contribution is 2.55. The number of pyridine rings is 1. The third-order valence-electron chi connectivity index (χ3n) is 5.89. The van der Waals surface area contributed by atoms with Gasteiger partial charge in [-0.2, -0.15) is 39.5 Å². The Morgan fingerprint density at radius 3 is 1.93 bits per heavy atom. The molecule has 0 fully saturated rings. The number of hydrogen-bond donors (Lipinski definition) is 1. The van der Waals surface area contributed by atoms with Crippen molar-refractivity contribution in [3.05, 3.63) is 80.4 Å². The quantitative estimate of drug-likeness (QED) is 0.201. The maximum absolute atomic E-state index is 15.4. The summed E-state index contributed by atoms with van der Waals surface area (Å²) in [5.41, 5.74) is -13.4. The first-order valence-electron chi connectivity index (χ1n) is 11.6. The van der Waals surface area contributed by atoms with Crippen molar-refractivity contribution in [3.8, 4) is 5.75 Å². The Balaban J connectivity index is 2.04. The van der Waals surface area contributed by atoms with E-state index >= 15 is 4.39 Å². The average molecular weight is 795 g/mol. The highest BCUT2D eigenvalue weighted by molar-refractivity contribution is 14.1. The van der Waals surface area contributed by atoms with Crippen molar-refractivity contribution < 1.29 is 75.8 Å². The molecule has 0 unspecified atom stereocenters. The third kappa shape index (κ3) is 7.38. The Bertz CT molecular complexity index is 1620. The van der Waals surface area contributed by atoms with Crippen LogP contribution in [0.2, 0.25) is 0 Å². The molecule has 1 aromatic heterocycles. The van der Waals surface area contributed by atoms with E-state index in [4.69, 9.17) is 0 Å². The van der Waals surface area contributed by atoms with Crippen LogP contribution in [0, 0.1) is 9.39 Å². The molecule has 21 heteroatoms. The van der Waals surface area contributed by atoms with Gasteiger partial charge in [0.15, 0.2) is 11.6 Å². The standard InChI is InChI=1S/C25H12F14IN3O3/c1-43(20(45)10-5-6-16(41-9-10)22(28,29)30)14-4-2-3-12(17(14)26)19(44)42-18-13(40)7-11(8-15(18)46-25(37,38)39)21(27,23(31,32)33)24(34,35)36/h2-9H,1H3,(H,42,44). The lowest BCUT2D eigenvalue weighted by molar-refractivity contribution is -0.348. The van der Waals surface area contributed by atoms with Crippen LogP contribution in [-0.2, 0) is 11.8 Å². The molecule has 0 aliphatic rings. The van der Waals surface area contributed by atoms with Gasteiger partial charge in [0, 0.05) is 22.4 Å². The second-order valence-corrected chi connectivity index (χ2v) is 10.1. The maximum Gasteiger partial charge on any atom is 0.573 e. The Labute approximate surface area is 260 Å². The Hall–Kier alpha value is -3.92. The molecule has 46 heavy (non-hydrogen) atoms. The molecular weight excluding hydrogens is 783 g/mol. The predicted octanol–water partition coefficient (Wildman–Crippen LogP) is 8.56.